The van der Waals surface area contributed by atoms with Crippen LogP contribution in [0.4, 0.5) is 0 Å². The maximum Gasteiger partial charge on any atom is 0.320 e. The van der Waals surface area contributed by atoms with E-state index in [1.807, 2.05) is 0 Å². The Hall–Kier alpha value is -0.310. The number of fused-ring (bicyclic) bond motifs is 5. The number of unbranched alkanes of at least 4 members (excludes halogenated alkanes) is 1. The Morgan fingerprint density at radius 1 is 1.03 bits per heavy atom. The van der Waals surface area contributed by atoms with Crippen molar-refractivity contribution in [3.05, 3.63) is 11.6 Å². The Kier molecular flexibility index (Phi) is 9.43. The van der Waals surface area contributed by atoms with Crippen molar-refractivity contribution in [1.29, 1.82) is 0 Å². The van der Waals surface area contributed by atoms with E-state index in [4.69, 9.17) is 4.74 Å². The summed E-state index contributed by atoms with van der Waals surface area (Å²) < 4.78 is 6.03. The van der Waals surface area contributed by atoms with Crippen LogP contribution in [-0.4, -0.2) is 16.9 Å². The van der Waals surface area contributed by atoms with Gasteiger partial charge in [-0.15, -0.1) is 0 Å². The first kappa shape index (κ1) is 28.7. The largest absolute Gasteiger partial charge is 0.461 e. The Bertz CT molecular complexity index is 789. The summed E-state index contributed by atoms with van der Waals surface area (Å²) in [7, 11) is 0. The van der Waals surface area contributed by atoms with Crippen molar-refractivity contribution in [3.8, 4) is 0 Å². The molecule has 0 aromatic carbocycles. The zero-order chi connectivity index (χ0) is 26.1. The molecule has 0 bridgehead atoms. The van der Waals surface area contributed by atoms with Gasteiger partial charge in [-0.1, -0.05) is 101 Å². The molecule has 0 saturated heterocycles. The van der Waals surface area contributed by atoms with Crippen molar-refractivity contribution in [2.45, 2.75) is 142 Å². The average molecular weight is 564 g/mol. The minimum Gasteiger partial charge on any atom is -0.461 e. The fraction of sp³-hybridized carbons (Fsp3) is 0.909. The van der Waals surface area contributed by atoms with Crippen LogP contribution in [0.3, 0.4) is 0 Å². The van der Waals surface area contributed by atoms with Gasteiger partial charge in [0.05, 0.1) is 0 Å². The number of hydrogen-bond donors (Lipinski definition) is 0. The summed E-state index contributed by atoms with van der Waals surface area (Å²) in [4.78, 5) is 12.5. The number of carbonyl (C=O) groups excluding carboxylic acids is 1. The highest BCUT2D eigenvalue weighted by Gasteiger charge is 2.59. The lowest BCUT2D eigenvalue weighted by Gasteiger charge is -2.58. The average Bonchev–Trinajstić information content (AvgIpc) is 3.19. The monoisotopic (exact) mass is 562 g/mol. The molecule has 3 saturated carbocycles. The molecule has 36 heavy (non-hydrogen) atoms. The summed E-state index contributed by atoms with van der Waals surface area (Å²) in [6.45, 7) is 14.8. The normalized spacial score (nSPS) is 39.6. The molecular formula is C33H55BrO2. The molecule has 0 heterocycles. The maximum atomic E-state index is 12.6. The molecule has 0 unspecified atom stereocenters. The van der Waals surface area contributed by atoms with E-state index in [1.165, 1.54) is 57.8 Å². The van der Waals surface area contributed by atoms with Crippen LogP contribution in [-0.2, 0) is 9.53 Å². The predicted molar refractivity (Wildman–Crippen MR) is 155 cm³/mol. The molecule has 0 aromatic heterocycles. The smallest absolute Gasteiger partial charge is 0.320 e. The molecule has 4 aliphatic rings. The molecule has 2 nitrogen and oxygen atoms in total. The Balaban J connectivity index is 1.40. The van der Waals surface area contributed by atoms with Gasteiger partial charge >= 0.3 is 5.97 Å². The van der Waals surface area contributed by atoms with Crippen molar-refractivity contribution in [1.82, 2.24) is 0 Å². The summed E-state index contributed by atoms with van der Waals surface area (Å²) in [5.41, 5.74) is 2.49. The predicted octanol–water partition coefficient (Wildman–Crippen LogP) is 9.89. The van der Waals surface area contributed by atoms with Gasteiger partial charge < -0.3 is 4.74 Å². The number of ether oxygens (including phenoxy) is 1. The molecule has 0 aromatic rings. The number of hydrogen-bond acceptors (Lipinski definition) is 2. The second-order valence-electron chi connectivity index (χ2n) is 14.2. The third kappa shape index (κ3) is 5.67. The number of allylic oxidation sites excluding steroid dienone is 1. The lowest BCUT2D eigenvalue weighted by atomic mass is 9.47. The number of esters is 1. The molecule has 0 N–H and O–H groups in total. The van der Waals surface area contributed by atoms with Crippen LogP contribution in [0.15, 0.2) is 11.6 Å². The Morgan fingerprint density at radius 3 is 2.53 bits per heavy atom. The first-order chi connectivity index (χ1) is 17.1. The van der Waals surface area contributed by atoms with Crippen LogP contribution in [0.1, 0.15) is 131 Å². The van der Waals surface area contributed by atoms with Gasteiger partial charge in [0.1, 0.15) is 10.9 Å². The van der Waals surface area contributed by atoms with Crippen LogP contribution in [0, 0.1) is 46.3 Å². The second-order valence-corrected chi connectivity index (χ2v) is 15.3. The van der Waals surface area contributed by atoms with Gasteiger partial charge in [-0.05, 0) is 97.7 Å². The van der Waals surface area contributed by atoms with Crippen molar-refractivity contribution < 1.29 is 9.53 Å². The minimum absolute atomic E-state index is 0.0423. The van der Waals surface area contributed by atoms with E-state index < -0.39 is 0 Å². The van der Waals surface area contributed by atoms with Crippen molar-refractivity contribution in [2.24, 2.45) is 46.3 Å². The van der Waals surface area contributed by atoms with E-state index in [2.05, 4.69) is 63.5 Å². The SMILES string of the molecule is CCCC[C@H](Br)C(=O)O[C@@H]1CC[C@@]2(C)C(=CC[C@H]3[C@@H]4CC[C@H]([C@@H](C)CCCC(C)C)[C@@]4(C)CC[C@@H]32)C1. The maximum absolute atomic E-state index is 12.6. The summed E-state index contributed by atoms with van der Waals surface area (Å²) in [6, 6.07) is 0. The highest BCUT2D eigenvalue weighted by molar-refractivity contribution is 9.10. The van der Waals surface area contributed by atoms with Crippen LogP contribution < -0.4 is 0 Å². The molecule has 0 spiro atoms. The topological polar surface area (TPSA) is 26.3 Å². The lowest BCUT2D eigenvalue weighted by Crippen LogP contribution is -2.51. The van der Waals surface area contributed by atoms with Crippen molar-refractivity contribution >= 4 is 21.9 Å². The van der Waals surface area contributed by atoms with Crippen LogP contribution >= 0.6 is 15.9 Å². The van der Waals surface area contributed by atoms with E-state index in [0.717, 1.165) is 67.6 Å². The van der Waals surface area contributed by atoms with Crippen molar-refractivity contribution in [2.75, 3.05) is 0 Å². The molecular weight excluding hydrogens is 508 g/mol. The molecule has 4 aliphatic carbocycles. The summed E-state index contributed by atoms with van der Waals surface area (Å²) in [5.74, 6) is 5.20. The van der Waals surface area contributed by atoms with Crippen LogP contribution in [0.2, 0.25) is 0 Å². The van der Waals surface area contributed by atoms with Crippen LogP contribution in [0.5, 0.6) is 0 Å². The third-order valence-corrected chi connectivity index (χ3v) is 12.4. The van der Waals surface area contributed by atoms with E-state index in [0.29, 0.717) is 10.8 Å². The summed E-state index contributed by atoms with van der Waals surface area (Å²) in [6.07, 6.45) is 20.2. The lowest BCUT2D eigenvalue weighted by molar-refractivity contribution is -0.150. The molecule has 0 aliphatic heterocycles. The quantitative estimate of drug-likeness (QED) is 0.150. The highest BCUT2D eigenvalue weighted by atomic mass is 79.9. The van der Waals surface area contributed by atoms with Gasteiger partial charge in [0, 0.05) is 6.42 Å². The van der Waals surface area contributed by atoms with E-state index in [1.54, 1.807) is 5.57 Å². The van der Waals surface area contributed by atoms with Gasteiger partial charge in [0.2, 0.25) is 0 Å². The summed E-state index contributed by atoms with van der Waals surface area (Å²) in [5, 5.41) is 0. The Labute approximate surface area is 231 Å². The Morgan fingerprint density at radius 2 is 1.81 bits per heavy atom. The minimum atomic E-state index is -0.144. The van der Waals surface area contributed by atoms with E-state index in [9.17, 15) is 4.79 Å². The molecule has 0 radical (unpaired) electrons. The van der Waals surface area contributed by atoms with E-state index >= 15 is 0 Å². The van der Waals surface area contributed by atoms with Gasteiger partial charge in [-0.25, -0.2) is 0 Å². The van der Waals surface area contributed by atoms with Gasteiger partial charge in [0.25, 0.3) is 0 Å². The molecule has 206 valence electrons. The van der Waals surface area contributed by atoms with Gasteiger partial charge in [0.15, 0.2) is 0 Å². The number of alkyl halides is 1. The molecule has 3 heteroatoms. The van der Waals surface area contributed by atoms with Crippen molar-refractivity contribution in [3.63, 3.8) is 0 Å². The fourth-order valence-electron chi connectivity index (χ4n) is 9.49. The van der Waals surface area contributed by atoms with Gasteiger partial charge in [-0.3, -0.25) is 4.79 Å². The third-order valence-electron chi connectivity index (χ3n) is 11.6. The molecule has 9 atom stereocenters. The second kappa shape index (κ2) is 11.8. The first-order valence-electron chi connectivity index (χ1n) is 15.6. The van der Waals surface area contributed by atoms with E-state index in [-0.39, 0.29) is 16.9 Å². The molecule has 0 amide bonds. The number of halogens is 1. The highest BCUT2D eigenvalue weighted by Crippen LogP contribution is 2.67. The fourth-order valence-corrected chi connectivity index (χ4v) is 9.92. The zero-order valence-electron chi connectivity index (χ0n) is 24.3. The van der Waals surface area contributed by atoms with Gasteiger partial charge in [-0.2, -0.15) is 0 Å². The first-order valence-corrected chi connectivity index (χ1v) is 16.6. The molecule has 4 rings (SSSR count). The summed E-state index contributed by atoms with van der Waals surface area (Å²) >= 11 is 3.57. The number of rotatable bonds is 10. The van der Waals surface area contributed by atoms with Crippen LogP contribution in [0.25, 0.3) is 0 Å². The molecule has 3 fully saturated rings. The number of carbonyl (C=O) groups is 1. The zero-order valence-corrected chi connectivity index (χ0v) is 25.9. The standard InChI is InChI=1S/C33H55BrO2/c1-7-8-12-30(34)31(35)36-25-17-19-32(5)24(21-25)13-14-26-28-16-15-27(23(4)11-9-10-22(2)3)33(28,6)20-18-29(26)32/h13,22-23,25-30H,7-12,14-21H2,1-6H3/t23-,25+,26-,27+,28-,29-,30-,32-,33+/m0/s1.